The van der Waals surface area contributed by atoms with Crippen LogP contribution in [0.25, 0.3) is 5.69 Å². The van der Waals surface area contributed by atoms with E-state index in [2.05, 4.69) is 70.0 Å². The highest BCUT2D eigenvalue weighted by Gasteiger charge is 2.18. The van der Waals surface area contributed by atoms with E-state index >= 15 is 0 Å². The Hall–Kier alpha value is -2.66. The summed E-state index contributed by atoms with van der Waals surface area (Å²) >= 11 is 0. The zero-order chi connectivity index (χ0) is 17.9. The van der Waals surface area contributed by atoms with Gasteiger partial charge in [0.25, 0.3) is 0 Å². The fourth-order valence-electron chi connectivity index (χ4n) is 3.60. The first-order valence-corrected chi connectivity index (χ1v) is 9.17. The highest BCUT2D eigenvalue weighted by molar-refractivity contribution is 5.48. The number of benzene rings is 1. The van der Waals surface area contributed by atoms with Crippen LogP contribution in [0.15, 0.2) is 55.1 Å². The van der Waals surface area contributed by atoms with Crippen LogP contribution < -0.4 is 4.90 Å². The lowest BCUT2D eigenvalue weighted by atomic mass is 10.1. The van der Waals surface area contributed by atoms with Crippen molar-refractivity contribution in [3.05, 3.63) is 72.1 Å². The van der Waals surface area contributed by atoms with Crippen molar-refractivity contribution in [3.63, 3.8) is 0 Å². The first kappa shape index (κ1) is 16.8. The van der Waals surface area contributed by atoms with E-state index in [-0.39, 0.29) is 0 Å². The Morgan fingerprint density at radius 3 is 2.19 bits per heavy atom. The number of anilines is 1. The lowest BCUT2D eigenvalue weighted by Crippen LogP contribution is -2.46. The fourth-order valence-corrected chi connectivity index (χ4v) is 3.60. The minimum atomic E-state index is 1.01. The zero-order valence-corrected chi connectivity index (χ0v) is 15.5. The second-order valence-electron chi connectivity index (χ2n) is 7.01. The normalized spacial score (nSPS) is 15.4. The summed E-state index contributed by atoms with van der Waals surface area (Å²) in [6, 6.07) is 13.1. The molecule has 0 amide bonds. The van der Waals surface area contributed by atoms with Crippen LogP contribution in [-0.4, -0.2) is 45.6 Å². The Balaban J connectivity index is 1.35. The van der Waals surface area contributed by atoms with Gasteiger partial charge in [-0.15, -0.1) is 0 Å². The maximum atomic E-state index is 4.48. The van der Waals surface area contributed by atoms with Crippen LogP contribution in [0, 0.1) is 13.8 Å². The molecule has 0 N–H and O–H groups in total. The molecular weight excluding hydrogens is 322 g/mol. The van der Waals surface area contributed by atoms with Crippen LogP contribution in [0.4, 0.5) is 5.69 Å². The Morgan fingerprint density at radius 2 is 1.58 bits per heavy atom. The molecule has 0 bridgehead atoms. The van der Waals surface area contributed by atoms with E-state index in [1.807, 2.05) is 17.1 Å². The second kappa shape index (κ2) is 7.30. The molecule has 0 atom stereocenters. The molecule has 26 heavy (non-hydrogen) atoms. The summed E-state index contributed by atoms with van der Waals surface area (Å²) in [5.41, 5.74) is 6.01. The Kier molecular flexibility index (Phi) is 4.71. The van der Waals surface area contributed by atoms with Gasteiger partial charge in [-0.05, 0) is 43.7 Å². The van der Waals surface area contributed by atoms with Crippen molar-refractivity contribution >= 4 is 5.69 Å². The van der Waals surface area contributed by atoms with Crippen molar-refractivity contribution in [1.82, 2.24) is 19.4 Å². The topological polar surface area (TPSA) is 37.2 Å². The van der Waals surface area contributed by atoms with Crippen molar-refractivity contribution in [2.75, 3.05) is 31.1 Å². The molecule has 0 unspecified atom stereocenters. The van der Waals surface area contributed by atoms with Crippen LogP contribution in [0.3, 0.4) is 0 Å². The zero-order valence-electron chi connectivity index (χ0n) is 15.5. The molecule has 0 radical (unpaired) electrons. The summed E-state index contributed by atoms with van der Waals surface area (Å²) < 4.78 is 2.03. The molecule has 134 valence electrons. The smallest absolute Gasteiger partial charge is 0.0991 e. The molecule has 3 aromatic rings. The first-order chi connectivity index (χ1) is 12.7. The molecule has 1 aliphatic heterocycles. The van der Waals surface area contributed by atoms with Gasteiger partial charge >= 0.3 is 0 Å². The standard InChI is InChI=1S/C21H25N5/c1-17-13-21(14-18(2)23-17)25-11-9-24(10-12-25)15-19-3-5-20(6-4-19)26-8-7-22-16-26/h3-8,13-14,16H,9-12,15H2,1-2H3. The maximum absolute atomic E-state index is 4.48. The van der Waals surface area contributed by atoms with Crippen LogP contribution in [-0.2, 0) is 6.54 Å². The number of hydrogen-bond acceptors (Lipinski definition) is 4. The van der Waals surface area contributed by atoms with Crippen molar-refractivity contribution in [1.29, 1.82) is 0 Å². The predicted octanol–water partition coefficient (Wildman–Crippen LogP) is 3.21. The lowest BCUT2D eigenvalue weighted by molar-refractivity contribution is 0.250. The first-order valence-electron chi connectivity index (χ1n) is 9.17. The van der Waals surface area contributed by atoms with Gasteiger partial charge in [0.05, 0.1) is 6.33 Å². The van der Waals surface area contributed by atoms with Gasteiger partial charge < -0.3 is 9.47 Å². The largest absolute Gasteiger partial charge is 0.369 e. The number of rotatable bonds is 4. The number of aromatic nitrogens is 3. The Bertz CT molecular complexity index is 826. The lowest BCUT2D eigenvalue weighted by Gasteiger charge is -2.36. The predicted molar refractivity (Wildman–Crippen MR) is 105 cm³/mol. The molecule has 1 fully saturated rings. The summed E-state index contributed by atoms with van der Waals surface area (Å²) in [5, 5.41) is 0. The second-order valence-corrected chi connectivity index (χ2v) is 7.01. The SMILES string of the molecule is Cc1cc(N2CCN(Cc3ccc(-n4ccnc4)cc3)CC2)cc(C)n1. The molecule has 0 saturated carbocycles. The highest BCUT2D eigenvalue weighted by atomic mass is 15.3. The molecule has 5 nitrogen and oxygen atoms in total. The minimum Gasteiger partial charge on any atom is -0.369 e. The van der Waals surface area contributed by atoms with E-state index in [1.54, 1.807) is 6.20 Å². The monoisotopic (exact) mass is 347 g/mol. The van der Waals surface area contributed by atoms with Crippen molar-refractivity contribution < 1.29 is 0 Å². The number of hydrogen-bond donors (Lipinski definition) is 0. The van der Waals surface area contributed by atoms with Gasteiger partial charge in [0.15, 0.2) is 0 Å². The van der Waals surface area contributed by atoms with E-state index in [9.17, 15) is 0 Å². The summed E-state index contributed by atoms with van der Waals surface area (Å²) in [7, 11) is 0. The summed E-state index contributed by atoms with van der Waals surface area (Å²) in [6.07, 6.45) is 5.60. The number of nitrogens with zero attached hydrogens (tertiary/aromatic N) is 5. The molecule has 1 aliphatic rings. The summed E-state index contributed by atoms with van der Waals surface area (Å²) in [5.74, 6) is 0. The highest BCUT2D eigenvalue weighted by Crippen LogP contribution is 2.19. The quantitative estimate of drug-likeness (QED) is 0.726. The third kappa shape index (κ3) is 3.78. The Morgan fingerprint density at radius 1 is 0.885 bits per heavy atom. The number of aryl methyl sites for hydroxylation is 2. The number of imidazole rings is 1. The summed E-state index contributed by atoms with van der Waals surface area (Å²) in [6.45, 7) is 9.45. The Labute approximate surface area is 154 Å². The van der Waals surface area contributed by atoms with E-state index in [0.29, 0.717) is 0 Å². The van der Waals surface area contributed by atoms with Gasteiger partial charge in [-0.25, -0.2) is 4.98 Å². The molecule has 4 rings (SSSR count). The molecule has 1 aromatic carbocycles. The van der Waals surface area contributed by atoms with E-state index in [0.717, 1.165) is 49.8 Å². The molecule has 1 saturated heterocycles. The van der Waals surface area contributed by atoms with E-state index in [4.69, 9.17) is 0 Å². The third-order valence-electron chi connectivity index (χ3n) is 4.95. The van der Waals surface area contributed by atoms with E-state index < -0.39 is 0 Å². The van der Waals surface area contributed by atoms with Gasteiger partial charge in [0, 0.05) is 67.9 Å². The van der Waals surface area contributed by atoms with Gasteiger partial charge in [0.2, 0.25) is 0 Å². The molecular formula is C21H25N5. The van der Waals surface area contributed by atoms with Gasteiger partial charge in [0.1, 0.15) is 0 Å². The number of piperazine rings is 1. The number of pyridine rings is 1. The van der Waals surface area contributed by atoms with Crippen LogP contribution in [0.1, 0.15) is 17.0 Å². The molecule has 0 spiro atoms. The molecule has 3 heterocycles. The van der Waals surface area contributed by atoms with Crippen molar-refractivity contribution in [3.8, 4) is 5.69 Å². The average molecular weight is 347 g/mol. The molecule has 0 aliphatic carbocycles. The molecule has 2 aromatic heterocycles. The third-order valence-corrected chi connectivity index (χ3v) is 4.95. The van der Waals surface area contributed by atoms with Crippen LogP contribution in [0.5, 0.6) is 0 Å². The van der Waals surface area contributed by atoms with Gasteiger partial charge in [-0.2, -0.15) is 0 Å². The maximum Gasteiger partial charge on any atom is 0.0991 e. The van der Waals surface area contributed by atoms with Gasteiger partial charge in [-0.3, -0.25) is 9.88 Å². The van der Waals surface area contributed by atoms with Crippen LogP contribution >= 0.6 is 0 Å². The minimum absolute atomic E-state index is 1.01. The van der Waals surface area contributed by atoms with Gasteiger partial charge in [-0.1, -0.05) is 12.1 Å². The average Bonchev–Trinajstić information content (AvgIpc) is 3.17. The summed E-state index contributed by atoms with van der Waals surface area (Å²) in [4.78, 5) is 13.6. The van der Waals surface area contributed by atoms with Crippen LogP contribution in [0.2, 0.25) is 0 Å². The van der Waals surface area contributed by atoms with Crippen molar-refractivity contribution in [2.24, 2.45) is 0 Å². The van der Waals surface area contributed by atoms with Crippen molar-refractivity contribution in [2.45, 2.75) is 20.4 Å². The van der Waals surface area contributed by atoms with E-state index in [1.165, 1.54) is 11.3 Å². The molecule has 5 heteroatoms. The fraction of sp³-hybridized carbons (Fsp3) is 0.333.